The molecule has 43 heavy (non-hydrogen) atoms. The molecule has 1 unspecified atom stereocenters. The standard InChI is InChI=1S/C29H32F3N7O3S/c30-29(31,32)26-16-23(5-2-21(26)17-33)39-10-8-25-27(18-39)34-19-35-28(25)36-22-3-6-24(7-4-22)42-15-1-9-37-11-13-38(14-12-37)20-43(40)41/h2-7,16,19H,1,8-15,18,20H2,(H,40,41)(H,34,35,36)/p-1. The number of hydrogen-bond acceptors (Lipinski definition) is 10. The molecule has 0 radical (unpaired) electrons. The van der Waals surface area contributed by atoms with E-state index in [9.17, 15) is 21.9 Å². The number of benzene rings is 2. The first-order valence-electron chi connectivity index (χ1n) is 13.9. The van der Waals surface area contributed by atoms with E-state index in [1.165, 1.54) is 18.5 Å². The molecule has 0 amide bonds. The molecule has 1 saturated heterocycles. The Bertz CT molecular complexity index is 1480. The molecule has 3 aromatic rings. The van der Waals surface area contributed by atoms with Gasteiger partial charge in [0.05, 0.1) is 41.9 Å². The van der Waals surface area contributed by atoms with Crippen LogP contribution in [0, 0.1) is 11.3 Å². The van der Waals surface area contributed by atoms with Crippen molar-refractivity contribution in [3.05, 3.63) is 71.2 Å². The average Bonchev–Trinajstić information content (AvgIpc) is 3.00. The number of piperazine rings is 1. The summed E-state index contributed by atoms with van der Waals surface area (Å²) in [5.41, 5.74) is 1.49. The van der Waals surface area contributed by atoms with Crippen molar-refractivity contribution in [3.8, 4) is 11.8 Å². The van der Waals surface area contributed by atoms with Crippen LogP contribution in [0.3, 0.4) is 0 Å². The van der Waals surface area contributed by atoms with Gasteiger partial charge in [0.15, 0.2) is 0 Å². The van der Waals surface area contributed by atoms with Gasteiger partial charge in [-0.25, -0.2) is 9.97 Å². The Labute approximate surface area is 250 Å². The van der Waals surface area contributed by atoms with Crippen LogP contribution in [0.2, 0.25) is 0 Å². The van der Waals surface area contributed by atoms with Crippen LogP contribution in [-0.2, 0) is 30.2 Å². The minimum atomic E-state index is -4.62. The summed E-state index contributed by atoms with van der Waals surface area (Å²) in [5.74, 6) is 1.49. The van der Waals surface area contributed by atoms with E-state index in [-0.39, 0.29) is 5.88 Å². The van der Waals surface area contributed by atoms with E-state index in [4.69, 9.17) is 10.00 Å². The number of anilines is 3. The van der Waals surface area contributed by atoms with E-state index in [1.54, 1.807) is 6.07 Å². The molecule has 14 heteroatoms. The van der Waals surface area contributed by atoms with Gasteiger partial charge in [0, 0.05) is 56.2 Å². The summed E-state index contributed by atoms with van der Waals surface area (Å²) < 4.78 is 68.0. The summed E-state index contributed by atoms with van der Waals surface area (Å²) in [6, 6.07) is 12.9. The van der Waals surface area contributed by atoms with Crippen LogP contribution in [0.5, 0.6) is 5.75 Å². The van der Waals surface area contributed by atoms with Gasteiger partial charge in [0.25, 0.3) is 0 Å². The van der Waals surface area contributed by atoms with Crippen molar-refractivity contribution in [2.75, 3.05) is 62.0 Å². The van der Waals surface area contributed by atoms with Crippen molar-refractivity contribution in [1.29, 1.82) is 5.26 Å². The van der Waals surface area contributed by atoms with E-state index in [1.807, 2.05) is 34.1 Å². The zero-order valence-electron chi connectivity index (χ0n) is 23.3. The second kappa shape index (κ2) is 13.7. The SMILES string of the molecule is N#Cc1ccc(N2CCc3c(ncnc3Nc3ccc(OCCCN4CCN(CS(=O)[O-])CC4)cc3)C2)cc1C(F)(F)F. The molecule has 2 aliphatic rings. The van der Waals surface area contributed by atoms with E-state index >= 15 is 0 Å². The highest BCUT2D eigenvalue weighted by molar-refractivity contribution is 7.79. The molecule has 1 fully saturated rings. The van der Waals surface area contributed by atoms with Gasteiger partial charge >= 0.3 is 6.18 Å². The van der Waals surface area contributed by atoms with Crippen molar-refractivity contribution in [1.82, 2.24) is 19.8 Å². The molecule has 3 heterocycles. The predicted octanol–water partition coefficient (Wildman–Crippen LogP) is 3.90. The number of nitrogens with zero attached hydrogens (tertiary/aromatic N) is 6. The summed E-state index contributed by atoms with van der Waals surface area (Å²) in [4.78, 5) is 14.9. The fraction of sp³-hybridized carbons (Fsp3) is 0.414. The summed E-state index contributed by atoms with van der Waals surface area (Å²) in [7, 11) is 0. The molecule has 1 aromatic heterocycles. The highest BCUT2D eigenvalue weighted by Gasteiger charge is 2.34. The normalized spacial score (nSPS) is 16.8. The van der Waals surface area contributed by atoms with Crippen LogP contribution in [-0.4, -0.2) is 80.3 Å². The number of aromatic nitrogens is 2. The lowest BCUT2D eigenvalue weighted by atomic mass is 10.0. The van der Waals surface area contributed by atoms with E-state index < -0.39 is 28.4 Å². The van der Waals surface area contributed by atoms with Gasteiger partial charge in [0.2, 0.25) is 0 Å². The first-order chi connectivity index (χ1) is 20.7. The largest absolute Gasteiger partial charge is 0.771 e. The zero-order chi connectivity index (χ0) is 30.4. The van der Waals surface area contributed by atoms with Crippen LogP contribution >= 0.6 is 0 Å². The van der Waals surface area contributed by atoms with Crippen molar-refractivity contribution in [2.24, 2.45) is 0 Å². The van der Waals surface area contributed by atoms with Gasteiger partial charge in [-0.2, -0.15) is 18.4 Å². The molecule has 2 aromatic carbocycles. The van der Waals surface area contributed by atoms with E-state index in [0.29, 0.717) is 37.6 Å². The molecule has 2 aliphatic heterocycles. The Hall–Kier alpha value is -3.77. The van der Waals surface area contributed by atoms with Crippen molar-refractivity contribution < 1.29 is 26.7 Å². The topological polar surface area (TPSA) is 121 Å². The number of rotatable bonds is 10. The monoisotopic (exact) mass is 614 g/mol. The van der Waals surface area contributed by atoms with Crippen LogP contribution in [0.1, 0.15) is 28.8 Å². The lowest BCUT2D eigenvalue weighted by Crippen LogP contribution is -2.47. The lowest BCUT2D eigenvalue weighted by Gasteiger charge is -2.34. The van der Waals surface area contributed by atoms with Gasteiger partial charge in [-0.3, -0.25) is 9.11 Å². The van der Waals surface area contributed by atoms with Gasteiger partial charge in [-0.1, -0.05) is 0 Å². The zero-order valence-corrected chi connectivity index (χ0v) is 24.2. The molecule has 10 nitrogen and oxygen atoms in total. The lowest BCUT2D eigenvalue weighted by molar-refractivity contribution is -0.137. The number of ether oxygens (including phenoxy) is 1. The second-order valence-corrected chi connectivity index (χ2v) is 11.3. The maximum Gasteiger partial charge on any atom is 0.417 e. The van der Waals surface area contributed by atoms with Crippen LogP contribution in [0.25, 0.3) is 0 Å². The molecule has 0 spiro atoms. The van der Waals surface area contributed by atoms with Crippen molar-refractivity contribution in [2.45, 2.75) is 25.6 Å². The Morgan fingerprint density at radius 3 is 2.49 bits per heavy atom. The highest BCUT2D eigenvalue weighted by Crippen LogP contribution is 2.36. The first kappa shape index (κ1) is 30.7. The highest BCUT2D eigenvalue weighted by atomic mass is 32.2. The fourth-order valence-corrected chi connectivity index (χ4v) is 5.84. The quantitative estimate of drug-likeness (QED) is 0.266. The van der Waals surface area contributed by atoms with Crippen LogP contribution in [0.4, 0.5) is 30.4 Å². The number of fused-ring (bicyclic) bond motifs is 1. The Kier molecular flexibility index (Phi) is 9.76. The van der Waals surface area contributed by atoms with E-state index in [2.05, 4.69) is 20.2 Å². The van der Waals surface area contributed by atoms with E-state index in [0.717, 1.165) is 67.9 Å². The third-order valence-electron chi connectivity index (χ3n) is 7.56. The van der Waals surface area contributed by atoms with Gasteiger partial charge in [0.1, 0.15) is 17.9 Å². The molecule has 5 rings (SSSR count). The molecule has 1 atom stereocenters. The Morgan fingerprint density at radius 2 is 1.79 bits per heavy atom. The maximum atomic E-state index is 13.5. The molecule has 0 aliphatic carbocycles. The minimum Gasteiger partial charge on any atom is -0.771 e. The average molecular weight is 615 g/mol. The summed E-state index contributed by atoms with van der Waals surface area (Å²) in [5, 5.41) is 12.4. The first-order valence-corrected chi connectivity index (χ1v) is 15.1. The molecule has 0 bridgehead atoms. The molecule has 0 saturated carbocycles. The van der Waals surface area contributed by atoms with Gasteiger partial charge in [-0.15, -0.1) is 0 Å². The Morgan fingerprint density at radius 1 is 1.05 bits per heavy atom. The van der Waals surface area contributed by atoms with Crippen LogP contribution in [0.15, 0.2) is 48.8 Å². The molecule has 228 valence electrons. The number of hydrogen-bond donors (Lipinski definition) is 1. The van der Waals surface area contributed by atoms with Gasteiger partial charge in [-0.05, 0) is 66.4 Å². The predicted molar refractivity (Wildman–Crippen MR) is 155 cm³/mol. The maximum absolute atomic E-state index is 13.5. The smallest absolute Gasteiger partial charge is 0.417 e. The number of halogens is 3. The third-order valence-corrected chi connectivity index (χ3v) is 8.13. The number of alkyl halides is 3. The number of nitriles is 1. The number of nitrogens with one attached hydrogen (secondary N) is 1. The van der Waals surface area contributed by atoms with Crippen LogP contribution < -0.4 is 15.0 Å². The minimum absolute atomic E-state index is 0.0923. The summed E-state index contributed by atoms with van der Waals surface area (Å²) in [6.45, 7) is 5.43. The second-order valence-electron chi connectivity index (χ2n) is 10.4. The summed E-state index contributed by atoms with van der Waals surface area (Å²) in [6.07, 6.45) is -1.78. The molecule has 1 N–H and O–H groups in total. The molecular weight excluding hydrogens is 583 g/mol. The fourth-order valence-electron chi connectivity index (χ4n) is 5.28. The summed E-state index contributed by atoms with van der Waals surface area (Å²) >= 11 is -2.04. The van der Waals surface area contributed by atoms with Gasteiger partial charge < -0.3 is 24.4 Å². The molecular formula is C29H31F3N7O3S-. The Balaban J connectivity index is 1.13. The van der Waals surface area contributed by atoms with Crippen molar-refractivity contribution in [3.63, 3.8) is 0 Å². The van der Waals surface area contributed by atoms with Crippen molar-refractivity contribution >= 4 is 28.3 Å². The third kappa shape index (κ3) is 7.99.